The summed E-state index contributed by atoms with van der Waals surface area (Å²) in [6.45, 7) is 4.58. The van der Waals surface area contributed by atoms with Crippen molar-refractivity contribution in [2.75, 3.05) is 0 Å². The molecule has 0 radical (unpaired) electrons. The highest BCUT2D eigenvalue weighted by atomic mass is 16.3. The molecule has 9 rings (SSSR count). The number of para-hydroxylation sites is 1. The van der Waals surface area contributed by atoms with E-state index >= 15 is 0 Å². The van der Waals surface area contributed by atoms with Crippen molar-refractivity contribution < 1.29 is 8.83 Å². The van der Waals surface area contributed by atoms with E-state index in [0.717, 1.165) is 55.2 Å². The van der Waals surface area contributed by atoms with E-state index in [4.69, 9.17) is 18.8 Å². The average molecular weight is 529 g/mol. The number of aromatic nitrogens is 2. The average Bonchev–Trinajstić information content (AvgIpc) is 3.65. The normalized spacial score (nSPS) is 13.8. The Morgan fingerprint density at radius 3 is 2.20 bits per heavy atom. The lowest BCUT2D eigenvalue weighted by molar-refractivity contribution is 0.620. The lowest BCUT2D eigenvalue weighted by Crippen LogP contribution is -2.15. The molecule has 4 heteroatoms. The molecule has 194 valence electrons. The van der Waals surface area contributed by atoms with Gasteiger partial charge in [-0.2, -0.15) is 0 Å². The predicted molar refractivity (Wildman–Crippen MR) is 165 cm³/mol. The van der Waals surface area contributed by atoms with Gasteiger partial charge in [0, 0.05) is 38.3 Å². The van der Waals surface area contributed by atoms with Crippen molar-refractivity contribution in [1.29, 1.82) is 0 Å². The van der Waals surface area contributed by atoms with Crippen LogP contribution in [0.25, 0.3) is 77.8 Å². The summed E-state index contributed by atoms with van der Waals surface area (Å²) in [6, 6.07) is 37.5. The summed E-state index contributed by atoms with van der Waals surface area (Å²) in [7, 11) is 0. The standard InChI is InChI=1S/C37H24N2O2/c1-37(2)27-16-8-6-13-22(27)23-19-20-26-30-25(15-10-18-29(30)41-34(26)31(23)37)33-35-32(24-14-7-9-17-28(24)40-35)38-36(39-33)21-11-4-3-5-12-21/h3-20H,1-2H3. The van der Waals surface area contributed by atoms with Crippen molar-refractivity contribution in [3.8, 4) is 33.8 Å². The van der Waals surface area contributed by atoms with Gasteiger partial charge in [0.2, 0.25) is 0 Å². The van der Waals surface area contributed by atoms with Crippen LogP contribution in [0.5, 0.6) is 0 Å². The first-order chi connectivity index (χ1) is 20.1. The topological polar surface area (TPSA) is 52.1 Å². The first kappa shape index (κ1) is 22.6. The molecule has 0 bridgehead atoms. The van der Waals surface area contributed by atoms with Gasteiger partial charge in [0.25, 0.3) is 0 Å². The number of fused-ring (bicyclic) bond motifs is 10. The molecule has 0 saturated carbocycles. The quantitative estimate of drug-likeness (QED) is 0.224. The molecule has 8 aromatic rings. The Labute approximate surface area is 235 Å². The van der Waals surface area contributed by atoms with Gasteiger partial charge in [-0.25, -0.2) is 9.97 Å². The molecule has 0 spiro atoms. The Balaban J connectivity index is 1.39. The molecule has 0 fully saturated rings. The first-order valence-electron chi connectivity index (χ1n) is 13.9. The molecule has 0 unspecified atom stereocenters. The number of benzene rings is 5. The molecule has 3 aromatic heterocycles. The van der Waals surface area contributed by atoms with E-state index in [0.29, 0.717) is 11.4 Å². The highest BCUT2D eigenvalue weighted by Crippen LogP contribution is 2.53. The van der Waals surface area contributed by atoms with Gasteiger partial charge in [-0.3, -0.25) is 0 Å². The maximum absolute atomic E-state index is 6.74. The van der Waals surface area contributed by atoms with Crippen LogP contribution in [0, 0.1) is 0 Å². The van der Waals surface area contributed by atoms with Crippen LogP contribution in [0.2, 0.25) is 0 Å². The van der Waals surface area contributed by atoms with E-state index in [1.165, 1.54) is 22.3 Å². The third-order valence-corrected chi connectivity index (χ3v) is 8.69. The third-order valence-electron chi connectivity index (χ3n) is 8.69. The van der Waals surface area contributed by atoms with E-state index in [-0.39, 0.29) is 5.41 Å². The molecule has 41 heavy (non-hydrogen) atoms. The minimum atomic E-state index is -0.180. The summed E-state index contributed by atoms with van der Waals surface area (Å²) in [6.07, 6.45) is 0. The van der Waals surface area contributed by atoms with Crippen molar-refractivity contribution in [3.63, 3.8) is 0 Å². The Hall–Kier alpha value is -5.22. The fourth-order valence-corrected chi connectivity index (χ4v) is 6.82. The second-order valence-corrected chi connectivity index (χ2v) is 11.4. The second-order valence-electron chi connectivity index (χ2n) is 11.4. The van der Waals surface area contributed by atoms with Crippen LogP contribution < -0.4 is 0 Å². The first-order valence-corrected chi connectivity index (χ1v) is 13.9. The molecular weight excluding hydrogens is 504 g/mol. The van der Waals surface area contributed by atoms with Gasteiger partial charge in [-0.15, -0.1) is 0 Å². The summed E-state index contributed by atoms with van der Waals surface area (Å²) in [5.74, 6) is 0.668. The molecule has 5 aromatic carbocycles. The van der Waals surface area contributed by atoms with Crippen molar-refractivity contribution in [2.45, 2.75) is 19.3 Å². The van der Waals surface area contributed by atoms with Crippen molar-refractivity contribution >= 4 is 44.0 Å². The van der Waals surface area contributed by atoms with Crippen molar-refractivity contribution in [3.05, 3.63) is 120 Å². The van der Waals surface area contributed by atoms with Gasteiger partial charge in [-0.05, 0) is 41.0 Å². The van der Waals surface area contributed by atoms with E-state index in [1.54, 1.807) is 0 Å². The van der Waals surface area contributed by atoms with Crippen LogP contribution in [0.3, 0.4) is 0 Å². The number of rotatable bonds is 2. The predicted octanol–water partition coefficient (Wildman–Crippen LogP) is 9.92. The van der Waals surface area contributed by atoms with Gasteiger partial charge < -0.3 is 8.83 Å². The minimum Gasteiger partial charge on any atom is -0.456 e. The number of nitrogens with zero attached hydrogens (tertiary/aromatic N) is 2. The Bertz CT molecular complexity index is 2340. The molecular formula is C37H24N2O2. The molecule has 1 aliphatic carbocycles. The van der Waals surface area contributed by atoms with Crippen LogP contribution in [-0.4, -0.2) is 9.97 Å². The lowest BCUT2D eigenvalue weighted by Gasteiger charge is -2.21. The fourth-order valence-electron chi connectivity index (χ4n) is 6.82. The number of furan rings is 2. The minimum absolute atomic E-state index is 0.180. The smallest absolute Gasteiger partial charge is 0.180 e. The van der Waals surface area contributed by atoms with Crippen LogP contribution in [0.15, 0.2) is 118 Å². The highest BCUT2D eigenvalue weighted by Gasteiger charge is 2.38. The van der Waals surface area contributed by atoms with Crippen LogP contribution >= 0.6 is 0 Å². The number of hydrogen-bond acceptors (Lipinski definition) is 4. The van der Waals surface area contributed by atoms with Gasteiger partial charge in [0.05, 0.1) is 0 Å². The molecule has 4 nitrogen and oxygen atoms in total. The Morgan fingerprint density at radius 1 is 0.561 bits per heavy atom. The molecule has 0 amide bonds. The maximum Gasteiger partial charge on any atom is 0.180 e. The fraction of sp³-hybridized carbons (Fsp3) is 0.0811. The lowest BCUT2D eigenvalue weighted by atomic mass is 9.81. The van der Waals surface area contributed by atoms with Gasteiger partial charge in [-0.1, -0.05) is 98.8 Å². The third kappa shape index (κ3) is 2.99. The molecule has 1 aliphatic rings. The largest absolute Gasteiger partial charge is 0.456 e. The van der Waals surface area contributed by atoms with E-state index in [2.05, 4.69) is 68.4 Å². The Morgan fingerprint density at radius 2 is 1.29 bits per heavy atom. The van der Waals surface area contributed by atoms with Crippen molar-refractivity contribution in [1.82, 2.24) is 9.97 Å². The van der Waals surface area contributed by atoms with Crippen molar-refractivity contribution in [2.24, 2.45) is 0 Å². The molecule has 0 N–H and O–H groups in total. The zero-order valence-corrected chi connectivity index (χ0v) is 22.6. The van der Waals surface area contributed by atoms with Gasteiger partial charge in [0.15, 0.2) is 11.4 Å². The molecule has 0 atom stereocenters. The van der Waals surface area contributed by atoms with E-state index in [9.17, 15) is 0 Å². The maximum atomic E-state index is 6.74. The SMILES string of the molecule is CC1(C)c2ccccc2-c2ccc3c(oc4cccc(-c5nc(-c6ccccc6)nc6c5oc5ccccc56)c43)c21. The summed E-state index contributed by atoms with van der Waals surface area (Å²) in [4.78, 5) is 10.2. The van der Waals surface area contributed by atoms with Gasteiger partial charge in [0.1, 0.15) is 28.0 Å². The molecule has 3 heterocycles. The van der Waals surface area contributed by atoms with Crippen LogP contribution in [0.1, 0.15) is 25.0 Å². The second kappa shape index (κ2) is 7.92. The summed E-state index contributed by atoms with van der Waals surface area (Å²) in [5, 5.41) is 3.10. The summed E-state index contributed by atoms with van der Waals surface area (Å²) < 4.78 is 13.2. The zero-order chi connectivity index (χ0) is 27.3. The van der Waals surface area contributed by atoms with E-state index in [1.807, 2.05) is 54.6 Å². The van der Waals surface area contributed by atoms with Crippen LogP contribution in [-0.2, 0) is 5.41 Å². The zero-order valence-electron chi connectivity index (χ0n) is 22.6. The van der Waals surface area contributed by atoms with Gasteiger partial charge >= 0.3 is 0 Å². The summed E-state index contributed by atoms with van der Waals surface area (Å²) >= 11 is 0. The highest BCUT2D eigenvalue weighted by molar-refractivity contribution is 6.17. The number of hydrogen-bond donors (Lipinski definition) is 0. The summed E-state index contributed by atoms with van der Waals surface area (Å²) in [5.41, 5.74) is 11.7. The molecule has 0 aliphatic heterocycles. The monoisotopic (exact) mass is 528 g/mol. The Kier molecular flexibility index (Phi) is 4.36. The van der Waals surface area contributed by atoms with E-state index < -0.39 is 0 Å². The molecule has 0 saturated heterocycles. The van der Waals surface area contributed by atoms with Crippen LogP contribution in [0.4, 0.5) is 0 Å².